The highest BCUT2D eigenvalue weighted by Gasteiger charge is 2.11. The molecule has 0 heterocycles. The second-order valence-electron chi connectivity index (χ2n) is 4.70. The van der Waals surface area contributed by atoms with Gasteiger partial charge in [-0.05, 0) is 30.3 Å². The van der Waals surface area contributed by atoms with Crippen LogP contribution in [0.4, 0.5) is 5.69 Å². The van der Waals surface area contributed by atoms with Gasteiger partial charge < -0.3 is 25.4 Å². The number of carboxylic acids is 1. The zero-order valence-electron chi connectivity index (χ0n) is 11.8. The van der Waals surface area contributed by atoms with Crippen LogP contribution in [-0.2, 0) is 0 Å². The van der Waals surface area contributed by atoms with E-state index in [-0.39, 0.29) is 24.5 Å². The lowest BCUT2D eigenvalue weighted by molar-refractivity contribution is 0.0694. The smallest absolute Gasteiger partial charge is 0.339 e. The Bertz CT molecular complexity index is 630. The molecule has 2 rings (SSSR count). The number of para-hydroxylation sites is 1. The van der Waals surface area contributed by atoms with Crippen LogP contribution in [0.3, 0.4) is 0 Å². The van der Waals surface area contributed by atoms with Crippen LogP contribution in [0.1, 0.15) is 10.4 Å². The third-order valence-corrected chi connectivity index (χ3v) is 2.95. The number of aromatic carboxylic acids is 1. The van der Waals surface area contributed by atoms with Crippen molar-refractivity contribution in [1.29, 1.82) is 0 Å². The average molecular weight is 303 g/mol. The van der Waals surface area contributed by atoms with Gasteiger partial charge in [-0.3, -0.25) is 0 Å². The normalized spacial score (nSPS) is 11.7. The highest BCUT2D eigenvalue weighted by molar-refractivity contribution is 5.91. The van der Waals surface area contributed by atoms with E-state index in [1.54, 1.807) is 12.1 Å². The molecule has 0 spiro atoms. The van der Waals surface area contributed by atoms with Gasteiger partial charge in [-0.15, -0.1) is 0 Å². The molecule has 0 aliphatic rings. The molecule has 22 heavy (non-hydrogen) atoms. The van der Waals surface area contributed by atoms with Crippen LogP contribution in [0.2, 0.25) is 0 Å². The van der Waals surface area contributed by atoms with E-state index in [0.29, 0.717) is 11.4 Å². The maximum atomic E-state index is 10.9. The monoisotopic (exact) mass is 303 g/mol. The molecule has 6 nitrogen and oxygen atoms in total. The molecule has 0 saturated heterocycles. The maximum Gasteiger partial charge on any atom is 0.339 e. The summed E-state index contributed by atoms with van der Waals surface area (Å²) < 4.78 is 5.41. The molecule has 4 N–H and O–H groups in total. The number of ether oxygens (including phenoxy) is 1. The van der Waals surface area contributed by atoms with E-state index >= 15 is 0 Å². The van der Waals surface area contributed by atoms with Crippen molar-refractivity contribution in [3.8, 4) is 11.5 Å². The number of anilines is 1. The molecular weight excluding hydrogens is 286 g/mol. The van der Waals surface area contributed by atoms with Crippen molar-refractivity contribution in [3.05, 3.63) is 54.1 Å². The van der Waals surface area contributed by atoms with Crippen molar-refractivity contribution in [2.24, 2.45) is 0 Å². The highest BCUT2D eigenvalue weighted by atomic mass is 16.5. The molecule has 116 valence electrons. The number of hydrogen-bond acceptors (Lipinski definition) is 5. The molecule has 0 bridgehead atoms. The lowest BCUT2D eigenvalue weighted by atomic mass is 10.1. The van der Waals surface area contributed by atoms with E-state index in [2.05, 4.69) is 5.32 Å². The predicted molar refractivity (Wildman–Crippen MR) is 81.5 cm³/mol. The molecule has 0 aliphatic heterocycles. The lowest BCUT2D eigenvalue weighted by Gasteiger charge is -2.14. The van der Waals surface area contributed by atoms with Gasteiger partial charge in [0.15, 0.2) is 0 Å². The number of aliphatic hydroxyl groups is 1. The molecule has 0 radical (unpaired) electrons. The molecule has 6 heteroatoms. The molecule has 2 aromatic rings. The van der Waals surface area contributed by atoms with Crippen molar-refractivity contribution in [3.63, 3.8) is 0 Å². The molecule has 1 unspecified atom stereocenters. The van der Waals surface area contributed by atoms with Crippen molar-refractivity contribution < 1.29 is 24.9 Å². The van der Waals surface area contributed by atoms with Gasteiger partial charge >= 0.3 is 5.97 Å². The van der Waals surface area contributed by atoms with Crippen LogP contribution in [-0.4, -0.2) is 40.5 Å². The van der Waals surface area contributed by atoms with Gasteiger partial charge in [0.2, 0.25) is 0 Å². The number of benzene rings is 2. The Balaban J connectivity index is 1.84. The van der Waals surface area contributed by atoms with Crippen LogP contribution in [0.15, 0.2) is 48.5 Å². The first-order chi connectivity index (χ1) is 10.6. The van der Waals surface area contributed by atoms with E-state index in [4.69, 9.17) is 9.84 Å². The summed E-state index contributed by atoms with van der Waals surface area (Å²) in [6.45, 7) is 0.303. The fourth-order valence-electron chi connectivity index (χ4n) is 1.82. The number of rotatable bonds is 7. The van der Waals surface area contributed by atoms with Gasteiger partial charge in [-0.25, -0.2) is 4.79 Å². The van der Waals surface area contributed by atoms with E-state index in [1.165, 1.54) is 18.2 Å². The SMILES string of the molecule is O=C(O)c1cc(NCC(O)COc2ccccc2)ccc1O. The zero-order chi connectivity index (χ0) is 15.9. The van der Waals surface area contributed by atoms with E-state index in [9.17, 15) is 15.0 Å². The molecule has 0 aliphatic carbocycles. The van der Waals surface area contributed by atoms with Crippen molar-refractivity contribution in [2.45, 2.75) is 6.10 Å². The van der Waals surface area contributed by atoms with Crippen molar-refractivity contribution in [2.75, 3.05) is 18.5 Å². The summed E-state index contributed by atoms with van der Waals surface area (Å²) in [4.78, 5) is 10.9. The van der Waals surface area contributed by atoms with E-state index < -0.39 is 12.1 Å². The number of hydrogen-bond donors (Lipinski definition) is 4. The predicted octanol–water partition coefficient (Wildman–Crippen LogP) is 1.94. The Morgan fingerprint density at radius 2 is 1.91 bits per heavy atom. The van der Waals surface area contributed by atoms with Gasteiger partial charge in [0.25, 0.3) is 0 Å². The van der Waals surface area contributed by atoms with Crippen molar-refractivity contribution >= 4 is 11.7 Å². The minimum absolute atomic E-state index is 0.112. The Morgan fingerprint density at radius 1 is 1.18 bits per heavy atom. The molecular formula is C16H17NO5. The van der Waals surface area contributed by atoms with E-state index in [0.717, 1.165) is 0 Å². The lowest BCUT2D eigenvalue weighted by Crippen LogP contribution is -2.26. The molecule has 0 amide bonds. The third-order valence-electron chi connectivity index (χ3n) is 2.95. The maximum absolute atomic E-state index is 10.9. The first-order valence-corrected chi connectivity index (χ1v) is 6.72. The van der Waals surface area contributed by atoms with Gasteiger partial charge in [-0.2, -0.15) is 0 Å². The summed E-state index contributed by atoms with van der Waals surface area (Å²) >= 11 is 0. The Kier molecular flexibility index (Phi) is 5.21. The summed E-state index contributed by atoms with van der Waals surface area (Å²) in [5.41, 5.74) is 0.300. The molecule has 0 aromatic heterocycles. The number of aliphatic hydroxyl groups excluding tert-OH is 1. The first kappa shape index (κ1) is 15.7. The number of phenols is 1. The summed E-state index contributed by atoms with van der Waals surface area (Å²) in [5, 5.41) is 31.1. The van der Waals surface area contributed by atoms with Gasteiger partial charge in [0.1, 0.15) is 29.8 Å². The Morgan fingerprint density at radius 3 is 2.59 bits per heavy atom. The standard InChI is InChI=1S/C16H17NO5/c18-12(10-22-13-4-2-1-3-5-13)9-17-11-6-7-15(19)14(8-11)16(20)21/h1-8,12,17-19H,9-10H2,(H,20,21). The van der Waals surface area contributed by atoms with Crippen LogP contribution < -0.4 is 10.1 Å². The van der Waals surface area contributed by atoms with Crippen LogP contribution in [0.25, 0.3) is 0 Å². The average Bonchev–Trinajstić information content (AvgIpc) is 2.53. The first-order valence-electron chi connectivity index (χ1n) is 6.72. The van der Waals surface area contributed by atoms with Crippen LogP contribution in [0, 0.1) is 0 Å². The number of carboxylic acid groups (broad SMARTS) is 1. The summed E-state index contributed by atoms with van der Waals surface area (Å²) in [5.74, 6) is -0.848. The Hall–Kier alpha value is -2.73. The fourth-order valence-corrected chi connectivity index (χ4v) is 1.82. The Labute approximate surface area is 127 Å². The molecule has 0 saturated carbocycles. The number of nitrogens with one attached hydrogen (secondary N) is 1. The fraction of sp³-hybridized carbons (Fsp3) is 0.188. The van der Waals surface area contributed by atoms with Crippen LogP contribution >= 0.6 is 0 Å². The number of carbonyl (C=O) groups is 1. The highest BCUT2D eigenvalue weighted by Crippen LogP contribution is 2.21. The zero-order valence-corrected chi connectivity index (χ0v) is 11.8. The summed E-state index contributed by atoms with van der Waals surface area (Å²) in [6, 6.07) is 13.3. The van der Waals surface area contributed by atoms with Crippen molar-refractivity contribution in [1.82, 2.24) is 0 Å². The second-order valence-corrected chi connectivity index (χ2v) is 4.70. The van der Waals surface area contributed by atoms with Gasteiger partial charge in [0.05, 0.1) is 0 Å². The van der Waals surface area contributed by atoms with Crippen LogP contribution in [0.5, 0.6) is 11.5 Å². The molecule has 0 fully saturated rings. The topological polar surface area (TPSA) is 99.0 Å². The summed E-state index contributed by atoms with van der Waals surface area (Å²) in [7, 11) is 0. The van der Waals surface area contributed by atoms with Gasteiger partial charge in [0, 0.05) is 12.2 Å². The van der Waals surface area contributed by atoms with E-state index in [1.807, 2.05) is 18.2 Å². The van der Waals surface area contributed by atoms with Gasteiger partial charge in [-0.1, -0.05) is 18.2 Å². The minimum atomic E-state index is -1.21. The number of aromatic hydroxyl groups is 1. The molecule has 2 aromatic carbocycles. The molecule has 1 atom stereocenters. The minimum Gasteiger partial charge on any atom is -0.507 e. The summed E-state index contributed by atoms with van der Waals surface area (Å²) in [6.07, 6.45) is -0.762. The quantitative estimate of drug-likeness (QED) is 0.583. The second kappa shape index (κ2) is 7.33. The third kappa shape index (κ3) is 4.39. The largest absolute Gasteiger partial charge is 0.507 e.